The first-order chi connectivity index (χ1) is 11.2. The zero-order chi connectivity index (χ0) is 16.8. The van der Waals surface area contributed by atoms with E-state index in [9.17, 15) is 0 Å². The average Bonchev–Trinajstić information content (AvgIpc) is 2.53. The molecule has 0 aliphatic heterocycles. The second-order valence-corrected chi connectivity index (χ2v) is 6.93. The Balaban J connectivity index is 2.03. The van der Waals surface area contributed by atoms with Crippen molar-refractivity contribution in [3.8, 4) is 5.75 Å². The Bertz CT molecular complexity index is 396. The maximum atomic E-state index is 8.99. The molecule has 0 saturated heterocycles. The standard InChI is InChI=1S/C19H33O3P/c1-2-3-4-5-6-7-8-9-10-11-12-15-18-16-13-14-17-19(18)22-23(20)21/h13-14,16-17,20-21H,2-12,15H2,1H3. The summed E-state index contributed by atoms with van der Waals surface area (Å²) < 4.78 is 5.07. The molecule has 0 aliphatic carbocycles. The van der Waals surface area contributed by atoms with Crippen LogP contribution in [-0.4, -0.2) is 9.79 Å². The topological polar surface area (TPSA) is 49.7 Å². The number of aryl methyl sites for hydroxylation is 1. The average molecular weight is 340 g/mol. The third-order valence-electron chi connectivity index (χ3n) is 4.20. The van der Waals surface area contributed by atoms with E-state index in [2.05, 4.69) is 6.92 Å². The Hall–Kier alpha value is -0.630. The molecule has 0 atom stereocenters. The van der Waals surface area contributed by atoms with E-state index in [1.54, 1.807) is 6.07 Å². The summed E-state index contributed by atoms with van der Waals surface area (Å²) in [6.45, 7) is 2.26. The molecule has 0 amide bonds. The fourth-order valence-corrected chi connectivity index (χ4v) is 3.22. The van der Waals surface area contributed by atoms with Gasteiger partial charge in [0.05, 0.1) is 0 Å². The summed E-state index contributed by atoms with van der Waals surface area (Å²) >= 11 is 0. The Morgan fingerprint density at radius 1 is 0.783 bits per heavy atom. The summed E-state index contributed by atoms with van der Waals surface area (Å²) in [6, 6.07) is 7.63. The smallest absolute Gasteiger partial charge is 0.391 e. The molecule has 1 aromatic carbocycles. The summed E-state index contributed by atoms with van der Waals surface area (Å²) in [7, 11) is -2.33. The van der Waals surface area contributed by atoms with E-state index in [1.807, 2.05) is 18.2 Å². The summed E-state index contributed by atoms with van der Waals surface area (Å²) in [5.41, 5.74) is 1.07. The fourth-order valence-electron chi connectivity index (χ4n) is 2.87. The second-order valence-electron chi connectivity index (χ2n) is 6.24. The number of hydrogen-bond donors (Lipinski definition) is 2. The molecule has 0 aromatic heterocycles. The highest BCUT2D eigenvalue weighted by atomic mass is 31.2. The van der Waals surface area contributed by atoms with Gasteiger partial charge in [0.25, 0.3) is 0 Å². The molecule has 0 heterocycles. The van der Waals surface area contributed by atoms with Gasteiger partial charge in [0.2, 0.25) is 0 Å². The normalized spacial score (nSPS) is 11.1. The molecule has 3 nitrogen and oxygen atoms in total. The van der Waals surface area contributed by atoms with Crippen molar-refractivity contribution < 1.29 is 14.3 Å². The van der Waals surface area contributed by atoms with Crippen LogP contribution in [0.2, 0.25) is 0 Å². The molecule has 1 rings (SSSR count). The van der Waals surface area contributed by atoms with Crippen LogP contribution in [0.3, 0.4) is 0 Å². The lowest BCUT2D eigenvalue weighted by atomic mass is 10.0. The Labute approximate surface area is 143 Å². The number of hydrogen-bond acceptors (Lipinski definition) is 3. The third kappa shape index (κ3) is 10.7. The molecule has 4 heteroatoms. The molecular formula is C19H33O3P. The zero-order valence-corrected chi connectivity index (χ0v) is 15.4. The van der Waals surface area contributed by atoms with Crippen molar-refractivity contribution in [1.82, 2.24) is 0 Å². The van der Waals surface area contributed by atoms with E-state index >= 15 is 0 Å². The van der Waals surface area contributed by atoms with Crippen LogP contribution in [0.5, 0.6) is 5.75 Å². The van der Waals surface area contributed by atoms with Crippen LogP contribution in [0, 0.1) is 0 Å². The highest BCUT2D eigenvalue weighted by Gasteiger charge is 2.07. The summed E-state index contributed by atoms with van der Waals surface area (Å²) in [4.78, 5) is 18.0. The van der Waals surface area contributed by atoms with Gasteiger partial charge in [0.1, 0.15) is 5.75 Å². The van der Waals surface area contributed by atoms with Crippen LogP contribution >= 0.6 is 8.60 Å². The van der Waals surface area contributed by atoms with Crippen LogP contribution in [0.4, 0.5) is 0 Å². The lowest BCUT2D eigenvalue weighted by molar-refractivity contribution is 0.373. The Morgan fingerprint density at radius 2 is 1.30 bits per heavy atom. The van der Waals surface area contributed by atoms with Gasteiger partial charge in [-0.3, -0.25) is 0 Å². The second kappa shape index (κ2) is 13.8. The van der Waals surface area contributed by atoms with E-state index in [0.29, 0.717) is 5.75 Å². The molecule has 132 valence electrons. The molecule has 23 heavy (non-hydrogen) atoms. The molecular weight excluding hydrogens is 307 g/mol. The van der Waals surface area contributed by atoms with Crippen molar-refractivity contribution in [1.29, 1.82) is 0 Å². The van der Waals surface area contributed by atoms with Crippen LogP contribution in [-0.2, 0) is 6.42 Å². The highest BCUT2D eigenvalue weighted by molar-refractivity contribution is 7.39. The van der Waals surface area contributed by atoms with Gasteiger partial charge in [-0.25, -0.2) is 0 Å². The molecule has 1 aromatic rings. The maximum absolute atomic E-state index is 8.99. The van der Waals surface area contributed by atoms with Crippen LogP contribution in [0.25, 0.3) is 0 Å². The highest BCUT2D eigenvalue weighted by Crippen LogP contribution is 2.32. The van der Waals surface area contributed by atoms with E-state index in [0.717, 1.165) is 18.4 Å². The maximum Gasteiger partial charge on any atom is 0.391 e. The van der Waals surface area contributed by atoms with E-state index in [4.69, 9.17) is 14.3 Å². The Morgan fingerprint density at radius 3 is 1.87 bits per heavy atom. The predicted octanol–water partition coefficient (Wildman–Crippen LogP) is 6.13. The fraction of sp³-hybridized carbons (Fsp3) is 0.684. The predicted molar refractivity (Wildman–Crippen MR) is 98.6 cm³/mol. The molecule has 0 fully saturated rings. The number of para-hydroxylation sites is 1. The molecule has 0 aliphatic rings. The molecule has 2 N–H and O–H groups in total. The largest absolute Gasteiger partial charge is 0.427 e. The van der Waals surface area contributed by atoms with Crippen molar-refractivity contribution >= 4 is 8.60 Å². The van der Waals surface area contributed by atoms with Gasteiger partial charge in [-0.1, -0.05) is 89.3 Å². The van der Waals surface area contributed by atoms with E-state index in [-0.39, 0.29) is 0 Å². The molecule has 0 bridgehead atoms. The molecule has 0 unspecified atom stereocenters. The summed E-state index contributed by atoms with van der Waals surface area (Å²) in [6.07, 6.45) is 15.6. The van der Waals surface area contributed by atoms with Crippen molar-refractivity contribution in [2.45, 2.75) is 84.0 Å². The number of unbranched alkanes of at least 4 members (excludes halogenated alkanes) is 10. The van der Waals surface area contributed by atoms with Crippen LogP contribution in [0.15, 0.2) is 24.3 Å². The minimum absolute atomic E-state index is 0.607. The first-order valence-corrected chi connectivity index (χ1v) is 10.3. The minimum atomic E-state index is -2.33. The first-order valence-electron chi connectivity index (χ1n) is 9.17. The van der Waals surface area contributed by atoms with Crippen molar-refractivity contribution in [2.75, 3.05) is 0 Å². The van der Waals surface area contributed by atoms with Gasteiger partial charge in [0, 0.05) is 0 Å². The van der Waals surface area contributed by atoms with Gasteiger partial charge >= 0.3 is 8.60 Å². The lowest BCUT2D eigenvalue weighted by Crippen LogP contribution is -1.93. The van der Waals surface area contributed by atoms with Crippen molar-refractivity contribution in [3.05, 3.63) is 29.8 Å². The third-order valence-corrected chi connectivity index (χ3v) is 4.56. The van der Waals surface area contributed by atoms with Gasteiger partial charge in [-0.05, 0) is 24.5 Å². The minimum Gasteiger partial charge on any atom is -0.427 e. The zero-order valence-electron chi connectivity index (χ0n) is 14.5. The number of benzene rings is 1. The van der Waals surface area contributed by atoms with Gasteiger partial charge in [-0.15, -0.1) is 0 Å². The summed E-state index contributed by atoms with van der Waals surface area (Å²) in [5.74, 6) is 0.607. The quantitative estimate of drug-likeness (QED) is 0.316. The lowest BCUT2D eigenvalue weighted by Gasteiger charge is -2.10. The molecule has 0 spiro atoms. The van der Waals surface area contributed by atoms with E-state index in [1.165, 1.54) is 64.2 Å². The van der Waals surface area contributed by atoms with Gasteiger partial charge in [0.15, 0.2) is 0 Å². The van der Waals surface area contributed by atoms with Crippen LogP contribution < -0.4 is 4.52 Å². The first kappa shape index (κ1) is 20.4. The van der Waals surface area contributed by atoms with Crippen molar-refractivity contribution in [2.24, 2.45) is 0 Å². The van der Waals surface area contributed by atoms with Crippen molar-refractivity contribution in [3.63, 3.8) is 0 Å². The SMILES string of the molecule is CCCCCCCCCCCCCc1ccccc1OP(O)O. The molecule has 0 radical (unpaired) electrons. The number of rotatable bonds is 14. The van der Waals surface area contributed by atoms with Crippen LogP contribution in [0.1, 0.15) is 83.1 Å². The Kier molecular flexibility index (Phi) is 12.2. The molecule has 0 saturated carbocycles. The summed E-state index contributed by atoms with van der Waals surface area (Å²) in [5, 5.41) is 0. The monoisotopic (exact) mass is 340 g/mol. The van der Waals surface area contributed by atoms with Gasteiger partial charge in [-0.2, -0.15) is 0 Å². The van der Waals surface area contributed by atoms with E-state index < -0.39 is 8.60 Å². The van der Waals surface area contributed by atoms with Gasteiger partial charge < -0.3 is 14.3 Å².